The Morgan fingerprint density at radius 3 is 2.22 bits per heavy atom. The van der Waals surface area contributed by atoms with Crippen LogP contribution in [0, 0.1) is 0 Å². The second-order valence-corrected chi connectivity index (χ2v) is 8.60. The standard InChI is InChI=1S/C20H21ClN2O3S/c21-19-8-6-18(7-9-19)16-20(24)22-11-13-23(14-12-22)27(25,26)15-10-17-4-2-1-3-5-17/h1-10,15H,11-14,16H2/b15-10+. The Kier molecular flexibility index (Phi) is 6.31. The summed E-state index contributed by atoms with van der Waals surface area (Å²) in [6, 6.07) is 16.5. The van der Waals surface area contributed by atoms with E-state index < -0.39 is 10.0 Å². The maximum atomic E-state index is 12.5. The molecule has 0 N–H and O–H groups in total. The van der Waals surface area contributed by atoms with Crippen LogP contribution in [-0.2, 0) is 21.2 Å². The van der Waals surface area contributed by atoms with E-state index in [-0.39, 0.29) is 12.3 Å². The minimum Gasteiger partial charge on any atom is -0.340 e. The molecule has 5 nitrogen and oxygen atoms in total. The lowest BCUT2D eigenvalue weighted by molar-refractivity contribution is -0.131. The highest BCUT2D eigenvalue weighted by atomic mass is 35.5. The van der Waals surface area contributed by atoms with Crippen molar-refractivity contribution in [2.24, 2.45) is 0 Å². The Morgan fingerprint density at radius 1 is 0.963 bits per heavy atom. The molecule has 0 unspecified atom stereocenters. The summed E-state index contributed by atoms with van der Waals surface area (Å²) in [5.74, 6) is -0.00537. The molecule has 0 saturated carbocycles. The molecule has 1 fully saturated rings. The van der Waals surface area contributed by atoms with Gasteiger partial charge < -0.3 is 4.90 Å². The summed E-state index contributed by atoms with van der Waals surface area (Å²) in [5, 5.41) is 1.86. The maximum absolute atomic E-state index is 12.5. The fraction of sp³-hybridized carbons (Fsp3) is 0.250. The third-order valence-corrected chi connectivity index (χ3v) is 6.27. The Bertz CT molecular complexity index is 904. The molecule has 0 atom stereocenters. The Labute approximate surface area is 164 Å². The lowest BCUT2D eigenvalue weighted by Crippen LogP contribution is -2.50. The number of piperazine rings is 1. The number of amides is 1. The maximum Gasteiger partial charge on any atom is 0.236 e. The molecule has 0 aromatic heterocycles. The Hall–Kier alpha value is -2.15. The average molecular weight is 405 g/mol. The van der Waals surface area contributed by atoms with Crippen LogP contribution < -0.4 is 0 Å². The number of carbonyl (C=O) groups is 1. The predicted molar refractivity (Wildman–Crippen MR) is 108 cm³/mol. The molecule has 7 heteroatoms. The van der Waals surface area contributed by atoms with Crippen molar-refractivity contribution >= 4 is 33.6 Å². The van der Waals surface area contributed by atoms with Gasteiger partial charge in [-0.15, -0.1) is 0 Å². The Morgan fingerprint density at radius 2 is 1.59 bits per heavy atom. The molecule has 0 bridgehead atoms. The molecule has 1 aliphatic heterocycles. The van der Waals surface area contributed by atoms with Crippen molar-refractivity contribution in [3.63, 3.8) is 0 Å². The third kappa shape index (κ3) is 5.42. The first-order valence-electron chi connectivity index (χ1n) is 8.69. The smallest absolute Gasteiger partial charge is 0.236 e. The summed E-state index contributed by atoms with van der Waals surface area (Å²) in [5.41, 5.74) is 1.73. The van der Waals surface area contributed by atoms with E-state index in [0.29, 0.717) is 31.2 Å². The molecule has 1 aliphatic rings. The number of sulfonamides is 1. The highest BCUT2D eigenvalue weighted by molar-refractivity contribution is 7.92. The summed E-state index contributed by atoms with van der Waals surface area (Å²) >= 11 is 5.86. The first-order chi connectivity index (χ1) is 12.9. The molecule has 1 saturated heterocycles. The summed E-state index contributed by atoms with van der Waals surface area (Å²) in [4.78, 5) is 14.1. The molecule has 27 heavy (non-hydrogen) atoms. The second kappa shape index (κ2) is 8.69. The van der Waals surface area contributed by atoms with Crippen LogP contribution in [0.2, 0.25) is 5.02 Å². The summed E-state index contributed by atoms with van der Waals surface area (Å²) < 4.78 is 26.4. The van der Waals surface area contributed by atoms with E-state index >= 15 is 0 Å². The van der Waals surface area contributed by atoms with Crippen LogP contribution in [0.4, 0.5) is 0 Å². The van der Waals surface area contributed by atoms with Gasteiger partial charge in [0.1, 0.15) is 0 Å². The van der Waals surface area contributed by atoms with Gasteiger partial charge in [0.05, 0.1) is 6.42 Å². The number of halogens is 1. The number of hydrogen-bond acceptors (Lipinski definition) is 3. The molecule has 0 spiro atoms. The predicted octanol–water partition coefficient (Wildman–Crippen LogP) is 3.03. The van der Waals surface area contributed by atoms with E-state index in [1.165, 1.54) is 9.71 Å². The number of rotatable bonds is 5. The molecule has 2 aromatic carbocycles. The normalized spacial score (nSPS) is 16.0. The average Bonchev–Trinajstić information content (AvgIpc) is 2.69. The molecular formula is C20H21ClN2O3S. The van der Waals surface area contributed by atoms with Crippen molar-refractivity contribution in [1.82, 2.24) is 9.21 Å². The minimum atomic E-state index is -3.49. The highest BCUT2D eigenvalue weighted by Crippen LogP contribution is 2.14. The van der Waals surface area contributed by atoms with Crippen molar-refractivity contribution in [3.8, 4) is 0 Å². The highest BCUT2D eigenvalue weighted by Gasteiger charge is 2.27. The van der Waals surface area contributed by atoms with Gasteiger partial charge in [-0.3, -0.25) is 4.79 Å². The van der Waals surface area contributed by atoms with Gasteiger partial charge in [-0.1, -0.05) is 54.1 Å². The zero-order chi connectivity index (χ0) is 19.3. The van der Waals surface area contributed by atoms with Crippen molar-refractivity contribution in [2.75, 3.05) is 26.2 Å². The summed E-state index contributed by atoms with van der Waals surface area (Å²) in [6.45, 7) is 1.39. The monoisotopic (exact) mass is 404 g/mol. The van der Waals surface area contributed by atoms with E-state index in [1.807, 2.05) is 42.5 Å². The number of nitrogens with zero attached hydrogens (tertiary/aromatic N) is 2. The zero-order valence-corrected chi connectivity index (χ0v) is 16.4. The van der Waals surface area contributed by atoms with Crippen LogP contribution in [0.3, 0.4) is 0 Å². The summed E-state index contributed by atoms with van der Waals surface area (Å²) in [7, 11) is -3.49. The van der Waals surface area contributed by atoms with Gasteiger partial charge in [0.15, 0.2) is 0 Å². The van der Waals surface area contributed by atoms with Gasteiger partial charge in [0, 0.05) is 36.6 Å². The van der Waals surface area contributed by atoms with E-state index in [1.54, 1.807) is 23.1 Å². The van der Waals surface area contributed by atoms with Crippen LogP contribution >= 0.6 is 11.6 Å². The molecule has 2 aromatic rings. The molecule has 0 aliphatic carbocycles. The van der Waals surface area contributed by atoms with Crippen molar-refractivity contribution in [1.29, 1.82) is 0 Å². The van der Waals surface area contributed by atoms with Gasteiger partial charge >= 0.3 is 0 Å². The number of benzene rings is 2. The van der Waals surface area contributed by atoms with Crippen LogP contribution in [0.15, 0.2) is 60.0 Å². The van der Waals surface area contributed by atoms with E-state index in [0.717, 1.165) is 11.1 Å². The van der Waals surface area contributed by atoms with Crippen molar-refractivity contribution < 1.29 is 13.2 Å². The molecule has 3 rings (SSSR count). The fourth-order valence-corrected chi connectivity index (χ4v) is 4.19. The zero-order valence-electron chi connectivity index (χ0n) is 14.8. The molecule has 142 valence electrons. The third-order valence-electron chi connectivity index (χ3n) is 4.45. The first-order valence-corrected chi connectivity index (χ1v) is 10.6. The van der Waals surface area contributed by atoms with Gasteiger partial charge in [-0.05, 0) is 29.3 Å². The van der Waals surface area contributed by atoms with E-state index in [4.69, 9.17) is 11.6 Å². The van der Waals surface area contributed by atoms with Gasteiger partial charge in [0.25, 0.3) is 0 Å². The van der Waals surface area contributed by atoms with Gasteiger partial charge in [-0.2, -0.15) is 4.31 Å². The Balaban J connectivity index is 1.55. The lowest BCUT2D eigenvalue weighted by Gasteiger charge is -2.33. The largest absolute Gasteiger partial charge is 0.340 e. The second-order valence-electron chi connectivity index (χ2n) is 6.34. The minimum absolute atomic E-state index is 0.00537. The lowest BCUT2D eigenvalue weighted by atomic mass is 10.1. The molecule has 1 heterocycles. The van der Waals surface area contributed by atoms with E-state index in [9.17, 15) is 13.2 Å². The molecule has 0 radical (unpaired) electrons. The SMILES string of the molecule is O=C(Cc1ccc(Cl)cc1)N1CCN(S(=O)(=O)/C=C/c2ccccc2)CC1. The number of hydrogen-bond donors (Lipinski definition) is 0. The summed E-state index contributed by atoms with van der Waals surface area (Å²) in [6.07, 6.45) is 1.88. The van der Waals surface area contributed by atoms with Crippen molar-refractivity contribution in [3.05, 3.63) is 76.2 Å². The topological polar surface area (TPSA) is 57.7 Å². The molecular weight excluding hydrogens is 384 g/mol. The number of carbonyl (C=O) groups excluding carboxylic acids is 1. The van der Waals surface area contributed by atoms with Crippen LogP contribution in [-0.4, -0.2) is 49.7 Å². The molecule has 1 amide bonds. The first kappa shape index (κ1) is 19.6. The van der Waals surface area contributed by atoms with Crippen molar-refractivity contribution in [2.45, 2.75) is 6.42 Å². The fourth-order valence-electron chi connectivity index (χ4n) is 2.90. The van der Waals surface area contributed by atoms with Gasteiger partial charge in [-0.25, -0.2) is 8.42 Å². The quantitative estimate of drug-likeness (QED) is 0.769. The van der Waals surface area contributed by atoms with Gasteiger partial charge in [0.2, 0.25) is 15.9 Å². The van der Waals surface area contributed by atoms with Crippen LogP contribution in [0.1, 0.15) is 11.1 Å². The van der Waals surface area contributed by atoms with Crippen LogP contribution in [0.5, 0.6) is 0 Å². The van der Waals surface area contributed by atoms with E-state index in [2.05, 4.69) is 0 Å². The van der Waals surface area contributed by atoms with Crippen LogP contribution in [0.25, 0.3) is 6.08 Å².